The number of aromatic nitrogens is 2. The van der Waals surface area contributed by atoms with Crippen LogP contribution in [-0.2, 0) is 18.4 Å². The standard InChI is InChI=1S/C10H16ClN3O/c1-7-9(8(2)14(3)13-7)6-12-10(15)4-5-11/h4-6H2,1-3H3,(H,12,15). The molecule has 4 nitrogen and oxygen atoms in total. The molecule has 1 aromatic rings. The quantitative estimate of drug-likeness (QED) is 0.791. The van der Waals surface area contributed by atoms with Crippen LogP contribution in [0, 0.1) is 13.8 Å². The van der Waals surface area contributed by atoms with Crippen molar-refractivity contribution in [1.82, 2.24) is 15.1 Å². The third-order valence-corrected chi connectivity index (χ3v) is 2.63. The molecule has 0 saturated carbocycles. The Balaban J connectivity index is 2.61. The molecule has 0 fully saturated rings. The van der Waals surface area contributed by atoms with Crippen LogP contribution in [-0.4, -0.2) is 21.6 Å². The second-order valence-electron chi connectivity index (χ2n) is 3.49. The third kappa shape index (κ3) is 2.96. The summed E-state index contributed by atoms with van der Waals surface area (Å²) >= 11 is 5.47. The van der Waals surface area contributed by atoms with E-state index >= 15 is 0 Å². The minimum absolute atomic E-state index is 0.0207. The highest BCUT2D eigenvalue weighted by Gasteiger charge is 2.09. The van der Waals surface area contributed by atoms with Gasteiger partial charge in [-0.3, -0.25) is 9.48 Å². The number of hydrogen-bond acceptors (Lipinski definition) is 2. The van der Waals surface area contributed by atoms with Crippen LogP contribution in [0.4, 0.5) is 0 Å². The van der Waals surface area contributed by atoms with Gasteiger partial charge in [0, 0.05) is 37.2 Å². The van der Waals surface area contributed by atoms with Gasteiger partial charge in [-0.1, -0.05) is 0 Å². The molecular weight excluding hydrogens is 214 g/mol. The second kappa shape index (κ2) is 5.16. The van der Waals surface area contributed by atoms with Crippen molar-refractivity contribution in [3.8, 4) is 0 Å². The van der Waals surface area contributed by atoms with Gasteiger partial charge in [-0.05, 0) is 13.8 Å². The summed E-state index contributed by atoms with van der Waals surface area (Å²) in [5.74, 6) is 0.337. The molecule has 0 aliphatic carbocycles. The lowest BCUT2D eigenvalue weighted by molar-refractivity contribution is -0.120. The molecule has 0 aliphatic heterocycles. The number of halogens is 1. The molecule has 0 radical (unpaired) electrons. The SMILES string of the molecule is Cc1nn(C)c(C)c1CNC(=O)CCCl. The molecule has 0 aromatic carbocycles. The van der Waals surface area contributed by atoms with Crippen LogP contribution in [0.25, 0.3) is 0 Å². The Labute approximate surface area is 94.6 Å². The number of carbonyl (C=O) groups excluding carboxylic acids is 1. The van der Waals surface area contributed by atoms with Gasteiger partial charge in [-0.15, -0.1) is 11.6 Å². The van der Waals surface area contributed by atoms with Gasteiger partial charge >= 0.3 is 0 Å². The van der Waals surface area contributed by atoms with E-state index in [0.717, 1.165) is 17.0 Å². The number of aryl methyl sites for hydroxylation is 2. The molecule has 0 atom stereocenters. The number of nitrogens with zero attached hydrogens (tertiary/aromatic N) is 2. The molecule has 0 saturated heterocycles. The summed E-state index contributed by atoms with van der Waals surface area (Å²) in [6.07, 6.45) is 0.361. The first-order valence-electron chi connectivity index (χ1n) is 4.88. The van der Waals surface area contributed by atoms with Crippen LogP contribution in [0.3, 0.4) is 0 Å². The van der Waals surface area contributed by atoms with Crippen molar-refractivity contribution in [2.45, 2.75) is 26.8 Å². The number of alkyl halides is 1. The number of amides is 1. The molecule has 0 aliphatic rings. The summed E-state index contributed by atoms with van der Waals surface area (Å²) < 4.78 is 1.82. The summed E-state index contributed by atoms with van der Waals surface area (Å²) in [5, 5.41) is 7.09. The summed E-state index contributed by atoms with van der Waals surface area (Å²) in [6, 6.07) is 0. The maximum atomic E-state index is 11.2. The maximum Gasteiger partial charge on any atom is 0.221 e. The first-order valence-corrected chi connectivity index (χ1v) is 5.41. The van der Waals surface area contributed by atoms with Crippen LogP contribution in [0.1, 0.15) is 23.4 Å². The number of rotatable bonds is 4. The van der Waals surface area contributed by atoms with Crippen LogP contribution in [0.2, 0.25) is 0 Å². The third-order valence-electron chi connectivity index (χ3n) is 2.44. The highest BCUT2D eigenvalue weighted by Crippen LogP contribution is 2.11. The van der Waals surface area contributed by atoms with E-state index < -0.39 is 0 Å². The van der Waals surface area contributed by atoms with E-state index in [1.807, 2.05) is 25.6 Å². The summed E-state index contributed by atoms with van der Waals surface area (Å²) in [6.45, 7) is 4.46. The predicted octanol–water partition coefficient (Wildman–Crippen LogP) is 1.28. The van der Waals surface area contributed by atoms with Crippen molar-refractivity contribution >= 4 is 17.5 Å². The van der Waals surface area contributed by atoms with Gasteiger partial charge in [0.05, 0.1) is 5.69 Å². The first-order chi connectivity index (χ1) is 7.06. The monoisotopic (exact) mass is 229 g/mol. The molecule has 0 spiro atoms. The van der Waals surface area contributed by atoms with Crippen molar-refractivity contribution in [3.63, 3.8) is 0 Å². The molecule has 5 heteroatoms. The molecule has 0 unspecified atom stereocenters. The van der Waals surface area contributed by atoms with Gasteiger partial charge in [-0.25, -0.2) is 0 Å². The van der Waals surface area contributed by atoms with Gasteiger partial charge in [0.2, 0.25) is 5.91 Å². The van der Waals surface area contributed by atoms with Crippen molar-refractivity contribution in [2.24, 2.45) is 7.05 Å². The zero-order valence-electron chi connectivity index (χ0n) is 9.30. The van der Waals surface area contributed by atoms with Crippen LogP contribution >= 0.6 is 11.6 Å². The van der Waals surface area contributed by atoms with E-state index in [0.29, 0.717) is 18.8 Å². The fourth-order valence-electron chi connectivity index (χ4n) is 1.43. The van der Waals surface area contributed by atoms with Gasteiger partial charge in [0.15, 0.2) is 0 Å². The smallest absolute Gasteiger partial charge is 0.221 e. The van der Waals surface area contributed by atoms with Crippen LogP contribution in [0.15, 0.2) is 0 Å². The molecule has 1 rings (SSSR count). The summed E-state index contributed by atoms with van der Waals surface area (Å²) in [7, 11) is 1.90. The van der Waals surface area contributed by atoms with Crippen molar-refractivity contribution in [1.29, 1.82) is 0 Å². The number of hydrogen-bond donors (Lipinski definition) is 1. The zero-order valence-corrected chi connectivity index (χ0v) is 10.1. The molecule has 1 heterocycles. The summed E-state index contributed by atoms with van der Waals surface area (Å²) in [5.41, 5.74) is 3.13. The molecule has 15 heavy (non-hydrogen) atoms. The van der Waals surface area contributed by atoms with E-state index in [2.05, 4.69) is 10.4 Å². The first kappa shape index (κ1) is 12.0. The largest absolute Gasteiger partial charge is 0.352 e. The predicted molar refractivity (Wildman–Crippen MR) is 59.9 cm³/mol. The highest BCUT2D eigenvalue weighted by atomic mass is 35.5. The Hall–Kier alpha value is -1.03. The lowest BCUT2D eigenvalue weighted by Crippen LogP contribution is -2.23. The van der Waals surface area contributed by atoms with Crippen LogP contribution in [0.5, 0.6) is 0 Å². The minimum Gasteiger partial charge on any atom is -0.352 e. The van der Waals surface area contributed by atoms with Crippen LogP contribution < -0.4 is 5.32 Å². The van der Waals surface area contributed by atoms with Gasteiger partial charge in [-0.2, -0.15) is 5.10 Å². The maximum absolute atomic E-state index is 11.2. The topological polar surface area (TPSA) is 46.9 Å². The number of carbonyl (C=O) groups is 1. The molecule has 1 N–H and O–H groups in total. The highest BCUT2D eigenvalue weighted by molar-refractivity contribution is 6.18. The van der Waals surface area contributed by atoms with Gasteiger partial charge in [0.1, 0.15) is 0 Å². The Morgan fingerprint density at radius 2 is 2.20 bits per heavy atom. The molecular formula is C10H16ClN3O. The Morgan fingerprint density at radius 3 is 2.67 bits per heavy atom. The second-order valence-corrected chi connectivity index (χ2v) is 3.87. The normalized spacial score (nSPS) is 10.4. The van der Waals surface area contributed by atoms with Gasteiger partial charge in [0.25, 0.3) is 0 Å². The molecule has 1 amide bonds. The average Bonchev–Trinajstić information content (AvgIpc) is 2.40. The minimum atomic E-state index is -0.0207. The van der Waals surface area contributed by atoms with E-state index in [1.54, 1.807) is 0 Å². The zero-order chi connectivity index (χ0) is 11.4. The lowest BCUT2D eigenvalue weighted by atomic mass is 10.2. The van der Waals surface area contributed by atoms with Crippen molar-refractivity contribution < 1.29 is 4.79 Å². The average molecular weight is 230 g/mol. The Bertz CT molecular complexity index is 360. The van der Waals surface area contributed by atoms with E-state index in [4.69, 9.17) is 11.6 Å². The van der Waals surface area contributed by atoms with Crippen molar-refractivity contribution in [2.75, 3.05) is 5.88 Å². The Kier molecular flexibility index (Phi) is 4.15. The van der Waals surface area contributed by atoms with E-state index in [9.17, 15) is 4.79 Å². The fourth-order valence-corrected chi connectivity index (χ4v) is 1.61. The van der Waals surface area contributed by atoms with Gasteiger partial charge < -0.3 is 5.32 Å². The number of nitrogens with one attached hydrogen (secondary N) is 1. The van der Waals surface area contributed by atoms with E-state index in [-0.39, 0.29) is 5.91 Å². The van der Waals surface area contributed by atoms with Crippen molar-refractivity contribution in [3.05, 3.63) is 17.0 Å². The summed E-state index contributed by atoms with van der Waals surface area (Å²) in [4.78, 5) is 11.2. The lowest BCUT2D eigenvalue weighted by Gasteiger charge is -2.04. The molecule has 1 aromatic heterocycles. The van der Waals surface area contributed by atoms with E-state index in [1.165, 1.54) is 0 Å². The molecule has 84 valence electrons. The molecule has 0 bridgehead atoms. The fraction of sp³-hybridized carbons (Fsp3) is 0.600. The Morgan fingerprint density at radius 1 is 1.53 bits per heavy atom.